The molecule has 0 unspecified atom stereocenters. The highest BCUT2D eigenvalue weighted by Gasteiger charge is 2.19. The highest BCUT2D eigenvalue weighted by atomic mass is 35.5. The van der Waals surface area contributed by atoms with Crippen molar-refractivity contribution in [3.63, 3.8) is 0 Å². The maximum atomic E-state index is 5.94. The van der Waals surface area contributed by atoms with Crippen LogP contribution in [0.3, 0.4) is 0 Å². The Morgan fingerprint density at radius 2 is 1.71 bits per heavy atom. The Morgan fingerprint density at radius 1 is 1.10 bits per heavy atom. The molecule has 2 rings (SSSR count). The van der Waals surface area contributed by atoms with Gasteiger partial charge < -0.3 is 10.6 Å². The zero-order chi connectivity index (χ0) is 15.3. The van der Waals surface area contributed by atoms with Crippen molar-refractivity contribution >= 4 is 17.3 Å². The van der Waals surface area contributed by atoms with E-state index in [9.17, 15) is 0 Å². The molecule has 0 aromatic heterocycles. The number of benzene rings is 1. The van der Waals surface area contributed by atoms with E-state index < -0.39 is 0 Å². The lowest BCUT2D eigenvalue weighted by Crippen LogP contribution is -2.46. The van der Waals surface area contributed by atoms with Gasteiger partial charge in [0.15, 0.2) is 0 Å². The Hall–Kier alpha value is -0.770. The van der Waals surface area contributed by atoms with E-state index in [-0.39, 0.29) is 5.41 Å². The summed E-state index contributed by atoms with van der Waals surface area (Å²) in [4.78, 5) is 5.01. The average Bonchev–Trinajstić information content (AvgIpc) is 2.49. The van der Waals surface area contributed by atoms with Crippen LogP contribution in [0.4, 0.5) is 5.69 Å². The molecular formula is C17H28ClN3. The number of piperazine rings is 1. The fraction of sp³-hybridized carbons (Fsp3) is 0.647. The van der Waals surface area contributed by atoms with Crippen molar-refractivity contribution in [3.8, 4) is 0 Å². The Bertz CT molecular complexity index is 422. The summed E-state index contributed by atoms with van der Waals surface area (Å²) in [5.41, 5.74) is 7.35. The van der Waals surface area contributed by atoms with E-state index in [0.29, 0.717) is 0 Å². The van der Waals surface area contributed by atoms with E-state index in [1.54, 1.807) is 0 Å². The van der Waals surface area contributed by atoms with Crippen LogP contribution in [0.5, 0.6) is 0 Å². The number of anilines is 1. The van der Waals surface area contributed by atoms with Gasteiger partial charge in [0, 0.05) is 36.9 Å². The van der Waals surface area contributed by atoms with E-state index in [0.717, 1.165) is 37.7 Å². The lowest BCUT2D eigenvalue weighted by molar-refractivity contribution is 0.232. The molecule has 0 aliphatic carbocycles. The first-order valence-corrected chi connectivity index (χ1v) is 8.31. The van der Waals surface area contributed by atoms with E-state index in [4.69, 9.17) is 17.3 Å². The van der Waals surface area contributed by atoms with E-state index in [2.05, 4.69) is 35.8 Å². The summed E-state index contributed by atoms with van der Waals surface area (Å²) >= 11 is 5.94. The SMILES string of the molecule is CC(C)(CN)CCCN1CCN(c2ccc(Cl)cc2)CC1. The van der Waals surface area contributed by atoms with Gasteiger partial charge in [-0.25, -0.2) is 0 Å². The smallest absolute Gasteiger partial charge is 0.0407 e. The van der Waals surface area contributed by atoms with Crippen molar-refractivity contribution in [1.29, 1.82) is 0 Å². The third kappa shape index (κ3) is 5.17. The summed E-state index contributed by atoms with van der Waals surface area (Å²) in [5.74, 6) is 0. The molecule has 21 heavy (non-hydrogen) atoms. The number of rotatable bonds is 6. The zero-order valence-corrected chi connectivity index (χ0v) is 14.1. The second-order valence-electron chi connectivity index (χ2n) is 6.78. The molecule has 4 heteroatoms. The molecule has 1 heterocycles. The van der Waals surface area contributed by atoms with Crippen molar-refractivity contribution in [2.75, 3.05) is 44.2 Å². The van der Waals surface area contributed by atoms with Crippen LogP contribution >= 0.6 is 11.6 Å². The van der Waals surface area contributed by atoms with Gasteiger partial charge in [-0.2, -0.15) is 0 Å². The second-order valence-corrected chi connectivity index (χ2v) is 7.21. The van der Waals surface area contributed by atoms with Crippen LogP contribution < -0.4 is 10.6 Å². The molecule has 1 fully saturated rings. The third-order valence-corrected chi connectivity index (χ3v) is 4.70. The molecule has 2 N–H and O–H groups in total. The van der Waals surface area contributed by atoms with Crippen molar-refractivity contribution < 1.29 is 0 Å². The lowest BCUT2D eigenvalue weighted by Gasteiger charge is -2.36. The van der Waals surface area contributed by atoms with Gasteiger partial charge in [0.05, 0.1) is 0 Å². The second kappa shape index (κ2) is 7.48. The first-order chi connectivity index (χ1) is 10.00. The molecule has 1 aliphatic heterocycles. The molecule has 1 aliphatic rings. The molecule has 0 saturated carbocycles. The van der Waals surface area contributed by atoms with Gasteiger partial charge in [-0.15, -0.1) is 0 Å². The van der Waals surface area contributed by atoms with Gasteiger partial charge in [-0.3, -0.25) is 4.90 Å². The topological polar surface area (TPSA) is 32.5 Å². The quantitative estimate of drug-likeness (QED) is 0.875. The molecule has 3 nitrogen and oxygen atoms in total. The van der Waals surface area contributed by atoms with E-state index >= 15 is 0 Å². The predicted molar refractivity (Wildman–Crippen MR) is 92.2 cm³/mol. The molecule has 0 bridgehead atoms. The normalized spacial score (nSPS) is 17.2. The van der Waals surface area contributed by atoms with Gasteiger partial charge in [0.1, 0.15) is 0 Å². The third-order valence-electron chi connectivity index (χ3n) is 4.44. The Balaban J connectivity index is 1.72. The largest absolute Gasteiger partial charge is 0.369 e. The van der Waals surface area contributed by atoms with Gasteiger partial charge in [0.2, 0.25) is 0 Å². The fourth-order valence-corrected chi connectivity index (χ4v) is 2.89. The van der Waals surface area contributed by atoms with Crippen molar-refractivity contribution in [2.24, 2.45) is 11.1 Å². The highest BCUT2D eigenvalue weighted by molar-refractivity contribution is 6.30. The maximum absolute atomic E-state index is 5.94. The number of hydrogen-bond donors (Lipinski definition) is 1. The minimum atomic E-state index is 0.283. The van der Waals surface area contributed by atoms with Crippen LogP contribution in [-0.4, -0.2) is 44.2 Å². The van der Waals surface area contributed by atoms with Crippen LogP contribution in [0, 0.1) is 5.41 Å². The average molecular weight is 310 g/mol. The van der Waals surface area contributed by atoms with Gasteiger partial charge in [0.25, 0.3) is 0 Å². The maximum Gasteiger partial charge on any atom is 0.0407 e. The number of nitrogens with zero attached hydrogens (tertiary/aromatic N) is 2. The number of nitrogens with two attached hydrogens (primary N) is 1. The van der Waals surface area contributed by atoms with Crippen molar-refractivity contribution in [3.05, 3.63) is 29.3 Å². The van der Waals surface area contributed by atoms with Crippen molar-refractivity contribution in [1.82, 2.24) is 4.90 Å². The molecule has 0 amide bonds. The number of halogens is 1. The molecule has 1 aromatic carbocycles. The van der Waals surface area contributed by atoms with Crippen LogP contribution in [0.1, 0.15) is 26.7 Å². The Labute approximate surface area is 134 Å². The van der Waals surface area contributed by atoms with E-state index in [1.807, 2.05) is 12.1 Å². The van der Waals surface area contributed by atoms with Crippen LogP contribution in [-0.2, 0) is 0 Å². The minimum Gasteiger partial charge on any atom is -0.369 e. The molecule has 1 aromatic rings. The summed E-state index contributed by atoms with van der Waals surface area (Å²) < 4.78 is 0. The first-order valence-electron chi connectivity index (χ1n) is 7.93. The molecule has 1 saturated heterocycles. The molecule has 118 valence electrons. The van der Waals surface area contributed by atoms with Crippen molar-refractivity contribution in [2.45, 2.75) is 26.7 Å². The molecule has 0 radical (unpaired) electrons. The Kier molecular flexibility index (Phi) is 5.91. The van der Waals surface area contributed by atoms with Gasteiger partial charge in [-0.05, 0) is 55.6 Å². The van der Waals surface area contributed by atoms with E-state index in [1.165, 1.54) is 25.1 Å². The zero-order valence-electron chi connectivity index (χ0n) is 13.3. The molecular weight excluding hydrogens is 282 g/mol. The predicted octanol–water partition coefficient (Wildman–Crippen LogP) is 3.23. The van der Waals surface area contributed by atoms with Crippen LogP contribution in [0.2, 0.25) is 5.02 Å². The summed E-state index contributed by atoms with van der Waals surface area (Å²) in [6.45, 7) is 11.0. The van der Waals surface area contributed by atoms with Crippen LogP contribution in [0.15, 0.2) is 24.3 Å². The summed E-state index contributed by atoms with van der Waals surface area (Å²) in [6, 6.07) is 8.17. The fourth-order valence-electron chi connectivity index (χ4n) is 2.76. The molecule has 0 atom stereocenters. The minimum absolute atomic E-state index is 0.283. The summed E-state index contributed by atoms with van der Waals surface area (Å²) in [7, 11) is 0. The number of hydrogen-bond acceptors (Lipinski definition) is 3. The Morgan fingerprint density at radius 3 is 2.29 bits per heavy atom. The summed E-state index contributed by atoms with van der Waals surface area (Å²) in [5, 5.41) is 0.805. The first kappa shape index (κ1) is 16.6. The summed E-state index contributed by atoms with van der Waals surface area (Å²) in [6.07, 6.45) is 2.45. The lowest BCUT2D eigenvalue weighted by atomic mass is 9.88. The monoisotopic (exact) mass is 309 g/mol. The van der Waals surface area contributed by atoms with Gasteiger partial charge in [-0.1, -0.05) is 25.4 Å². The van der Waals surface area contributed by atoms with Gasteiger partial charge >= 0.3 is 0 Å². The molecule has 0 spiro atoms. The van der Waals surface area contributed by atoms with Crippen LogP contribution in [0.25, 0.3) is 0 Å². The highest BCUT2D eigenvalue weighted by Crippen LogP contribution is 2.22. The standard InChI is InChI=1S/C17H28ClN3/c1-17(2,14-19)8-3-9-20-10-12-21(13-11-20)16-6-4-15(18)5-7-16/h4-7H,3,8-14,19H2,1-2H3.